The minimum absolute atomic E-state index is 0.559. The van der Waals surface area contributed by atoms with E-state index in [2.05, 4.69) is 28.2 Å². The average molecular weight is 241 g/mol. The molecule has 0 aliphatic heterocycles. The van der Waals surface area contributed by atoms with E-state index in [1.54, 1.807) is 11.3 Å². The van der Waals surface area contributed by atoms with Gasteiger partial charge in [0.1, 0.15) is 5.82 Å². The molecule has 0 saturated heterocycles. The molecule has 0 atom stereocenters. The van der Waals surface area contributed by atoms with Crippen molar-refractivity contribution in [1.82, 2.24) is 9.97 Å². The standard InChI is InChI=1S/C13H11N3S/c14-13-4-2-10(7-15-13)5-9-1-3-12-11(6-9)16-8-17-12/h1-4,6-8H,5H2,(H2,14,15). The fourth-order valence-corrected chi connectivity index (χ4v) is 2.45. The molecular formula is C13H11N3S. The lowest BCUT2D eigenvalue weighted by molar-refractivity contribution is 1.15. The van der Waals surface area contributed by atoms with Gasteiger partial charge < -0.3 is 5.73 Å². The smallest absolute Gasteiger partial charge is 0.123 e. The molecule has 1 aromatic carbocycles. The van der Waals surface area contributed by atoms with Crippen molar-refractivity contribution >= 4 is 27.4 Å². The van der Waals surface area contributed by atoms with E-state index in [4.69, 9.17) is 5.73 Å². The molecule has 3 rings (SSSR count). The van der Waals surface area contributed by atoms with E-state index in [0.29, 0.717) is 5.82 Å². The number of rotatable bonds is 2. The van der Waals surface area contributed by atoms with Crippen molar-refractivity contribution in [2.24, 2.45) is 0 Å². The lowest BCUT2D eigenvalue weighted by atomic mass is 10.1. The van der Waals surface area contributed by atoms with Crippen molar-refractivity contribution < 1.29 is 0 Å². The van der Waals surface area contributed by atoms with Gasteiger partial charge in [-0.2, -0.15) is 0 Å². The van der Waals surface area contributed by atoms with E-state index >= 15 is 0 Å². The van der Waals surface area contributed by atoms with Gasteiger partial charge in [0.2, 0.25) is 0 Å². The number of hydrogen-bond acceptors (Lipinski definition) is 4. The number of fused-ring (bicyclic) bond motifs is 1. The zero-order valence-electron chi connectivity index (χ0n) is 9.13. The summed E-state index contributed by atoms with van der Waals surface area (Å²) in [5.74, 6) is 0.559. The molecule has 2 N–H and O–H groups in total. The summed E-state index contributed by atoms with van der Waals surface area (Å²) in [6.07, 6.45) is 2.68. The van der Waals surface area contributed by atoms with Crippen molar-refractivity contribution in [2.75, 3.05) is 5.73 Å². The number of nitrogens with two attached hydrogens (primary N) is 1. The molecule has 0 amide bonds. The average Bonchev–Trinajstić information content (AvgIpc) is 2.79. The predicted octanol–water partition coefficient (Wildman–Crippen LogP) is 2.86. The fraction of sp³-hybridized carbons (Fsp3) is 0.0769. The van der Waals surface area contributed by atoms with Gasteiger partial charge >= 0.3 is 0 Å². The van der Waals surface area contributed by atoms with Crippen molar-refractivity contribution in [3.63, 3.8) is 0 Å². The van der Waals surface area contributed by atoms with Crippen LogP contribution >= 0.6 is 11.3 Å². The first-order valence-electron chi connectivity index (χ1n) is 5.34. The van der Waals surface area contributed by atoms with Crippen LogP contribution in [0.15, 0.2) is 42.0 Å². The van der Waals surface area contributed by atoms with Gasteiger partial charge in [0, 0.05) is 6.20 Å². The van der Waals surface area contributed by atoms with Crippen LogP contribution in [0.1, 0.15) is 11.1 Å². The van der Waals surface area contributed by atoms with E-state index in [1.165, 1.54) is 10.3 Å². The Balaban J connectivity index is 1.91. The minimum atomic E-state index is 0.559. The van der Waals surface area contributed by atoms with Crippen LogP contribution in [0.2, 0.25) is 0 Å². The van der Waals surface area contributed by atoms with Gasteiger partial charge in [0.25, 0.3) is 0 Å². The van der Waals surface area contributed by atoms with Crippen LogP contribution in [-0.2, 0) is 6.42 Å². The molecule has 17 heavy (non-hydrogen) atoms. The topological polar surface area (TPSA) is 51.8 Å². The predicted molar refractivity (Wildman–Crippen MR) is 71.1 cm³/mol. The van der Waals surface area contributed by atoms with Crippen LogP contribution in [0, 0.1) is 0 Å². The maximum absolute atomic E-state index is 5.56. The van der Waals surface area contributed by atoms with Gasteiger partial charge in [-0.15, -0.1) is 11.3 Å². The summed E-state index contributed by atoms with van der Waals surface area (Å²) in [6, 6.07) is 10.2. The Hall–Kier alpha value is -1.94. The normalized spacial score (nSPS) is 10.8. The Morgan fingerprint density at radius 3 is 2.76 bits per heavy atom. The molecule has 2 heterocycles. The van der Waals surface area contributed by atoms with E-state index in [1.807, 2.05) is 23.8 Å². The van der Waals surface area contributed by atoms with Gasteiger partial charge in [-0.3, -0.25) is 0 Å². The molecule has 2 aromatic heterocycles. The Morgan fingerprint density at radius 2 is 1.94 bits per heavy atom. The van der Waals surface area contributed by atoms with Crippen LogP contribution < -0.4 is 5.73 Å². The first-order valence-corrected chi connectivity index (χ1v) is 6.22. The third kappa shape index (κ3) is 2.12. The zero-order chi connectivity index (χ0) is 11.7. The van der Waals surface area contributed by atoms with Crippen molar-refractivity contribution in [3.8, 4) is 0 Å². The molecule has 0 saturated carbocycles. The highest BCUT2D eigenvalue weighted by molar-refractivity contribution is 7.16. The van der Waals surface area contributed by atoms with Crippen molar-refractivity contribution in [3.05, 3.63) is 53.2 Å². The molecule has 3 aromatic rings. The number of pyridine rings is 1. The molecule has 4 heteroatoms. The number of hydrogen-bond donors (Lipinski definition) is 1. The maximum Gasteiger partial charge on any atom is 0.123 e. The van der Waals surface area contributed by atoms with Gasteiger partial charge in [-0.25, -0.2) is 9.97 Å². The van der Waals surface area contributed by atoms with Crippen LogP contribution in [0.5, 0.6) is 0 Å². The third-order valence-electron chi connectivity index (χ3n) is 2.65. The molecule has 0 fully saturated rings. The highest BCUT2D eigenvalue weighted by Crippen LogP contribution is 2.20. The first-order chi connectivity index (χ1) is 8.31. The largest absolute Gasteiger partial charge is 0.384 e. The summed E-state index contributed by atoms with van der Waals surface area (Å²) in [5.41, 5.74) is 10.9. The number of benzene rings is 1. The summed E-state index contributed by atoms with van der Waals surface area (Å²) in [7, 11) is 0. The summed E-state index contributed by atoms with van der Waals surface area (Å²) in [5, 5.41) is 0. The molecule has 0 unspecified atom stereocenters. The maximum atomic E-state index is 5.56. The second-order valence-electron chi connectivity index (χ2n) is 3.92. The van der Waals surface area contributed by atoms with Gasteiger partial charge in [-0.05, 0) is 35.7 Å². The second kappa shape index (κ2) is 4.14. The number of thiazole rings is 1. The highest BCUT2D eigenvalue weighted by atomic mass is 32.1. The highest BCUT2D eigenvalue weighted by Gasteiger charge is 2.00. The first kappa shape index (κ1) is 10.2. The van der Waals surface area contributed by atoms with Gasteiger partial charge in [0.15, 0.2) is 0 Å². The lowest BCUT2D eigenvalue weighted by Crippen LogP contribution is -1.93. The molecular weight excluding hydrogens is 230 g/mol. The summed E-state index contributed by atoms with van der Waals surface area (Å²) in [4.78, 5) is 8.41. The van der Waals surface area contributed by atoms with Crippen LogP contribution in [0.3, 0.4) is 0 Å². The second-order valence-corrected chi connectivity index (χ2v) is 4.81. The van der Waals surface area contributed by atoms with E-state index < -0.39 is 0 Å². The molecule has 84 valence electrons. The van der Waals surface area contributed by atoms with Gasteiger partial charge in [0.05, 0.1) is 15.7 Å². The Bertz CT molecular complexity index is 643. The molecule has 0 spiro atoms. The molecule has 0 aliphatic rings. The van der Waals surface area contributed by atoms with Crippen LogP contribution in [-0.4, -0.2) is 9.97 Å². The monoisotopic (exact) mass is 241 g/mol. The number of nitrogens with zero attached hydrogens (tertiary/aromatic N) is 2. The molecule has 0 radical (unpaired) electrons. The van der Waals surface area contributed by atoms with Crippen molar-refractivity contribution in [1.29, 1.82) is 0 Å². The summed E-state index contributed by atoms with van der Waals surface area (Å²) >= 11 is 1.66. The summed E-state index contributed by atoms with van der Waals surface area (Å²) < 4.78 is 1.23. The van der Waals surface area contributed by atoms with Crippen LogP contribution in [0.25, 0.3) is 10.2 Å². The number of nitrogen functional groups attached to an aromatic ring is 1. The van der Waals surface area contributed by atoms with Crippen molar-refractivity contribution in [2.45, 2.75) is 6.42 Å². The Morgan fingerprint density at radius 1 is 1.06 bits per heavy atom. The van der Waals surface area contributed by atoms with E-state index in [0.717, 1.165) is 17.5 Å². The van der Waals surface area contributed by atoms with Gasteiger partial charge in [-0.1, -0.05) is 12.1 Å². The quantitative estimate of drug-likeness (QED) is 0.750. The Labute approximate surface area is 103 Å². The number of aromatic nitrogens is 2. The number of anilines is 1. The zero-order valence-corrected chi connectivity index (χ0v) is 9.95. The molecule has 3 nitrogen and oxygen atoms in total. The fourth-order valence-electron chi connectivity index (χ4n) is 1.79. The lowest BCUT2D eigenvalue weighted by Gasteiger charge is -2.02. The molecule has 0 aliphatic carbocycles. The SMILES string of the molecule is Nc1ccc(Cc2ccc3scnc3c2)cn1. The summed E-state index contributed by atoms with van der Waals surface area (Å²) in [6.45, 7) is 0. The minimum Gasteiger partial charge on any atom is -0.384 e. The molecule has 0 bridgehead atoms. The van der Waals surface area contributed by atoms with E-state index in [9.17, 15) is 0 Å². The van der Waals surface area contributed by atoms with E-state index in [-0.39, 0.29) is 0 Å². The van der Waals surface area contributed by atoms with Crippen LogP contribution in [0.4, 0.5) is 5.82 Å². The third-order valence-corrected chi connectivity index (χ3v) is 3.46. The Kier molecular flexibility index (Phi) is 2.49.